The molecule has 0 bridgehead atoms. The molecule has 1 aliphatic rings. The highest BCUT2D eigenvalue weighted by molar-refractivity contribution is 5.67. The first-order valence-corrected chi connectivity index (χ1v) is 4.91. The van der Waals surface area contributed by atoms with Crippen molar-refractivity contribution in [3.63, 3.8) is 0 Å². The molecule has 1 amide bonds. The number of ether oxygens (including phenoxy) is 1. The van der Waals surface area contributed by atoms with Crippen LogP contribution >= 0.6 is 0 Å². The number of halogens is 3. The summed E-state index contributed by atoms with van der Waals surface area (Å²) < 4.78 is 39.4. The van der Waals surface area contributed by atoms with Gasteiger partial charge in [-0.1, -0.05) is 13.3 Å². The number of hydrogen-bond acceptors (Lipinski definition) is 2. The van der Waals surface area contributed by atoms with E-state index >= 15 is 0 Å². The lowest BCUT2D eigenvalue weighted by Crippen LogP contribution is -2.32. The molecule has 0 aliphatic carbocycles. The molecule has 0 aromatic heterocycles. The van der Waals surface area contributed by atoms with Crippen molar-refractivity contribution < 1.29 is 22.7 Å². The Morgan fingerprint density at radius 3 is 2.67 bits per heavy atom. The van der Waals surface area contributed by atoms with Crippen molar-refractivity contribution in [1.82, 2.24) is 4.90 Å². The molecular weight excluding hydrogens is 211 g/mol. The van der Waals surface area contributed by atoms with E-state index in [1.807, 2.05) is 6.92 Å². The quantitative estimate of drug-likeness (QED) is 0.722. The Labute approximate surface area is 86.2 Å². The molecule has 1 heterocycles. The molecule has 88 valence electrons. The summed E-state index contributed by atoms with van der Waals surface area (Å²) in [6.45, 7) is 1.50. The summed E-state index contributed by atoms with van der Waals surface area (Å²) >= 11 is 0. The Morgan fingerprint density at radius 2 is 2.20 bits per heavy atom. The Morgan fingerprint density at radius 1 is 1.53 bits per heavy atom. The van der Waals surface area contributed by atoms with E-state index in [-0.39, 0.29) is 0 Å². The number of hydrogen-bond donors (Lipinski definition) is 0. The van der Waals surface area contributed by atoms with E-state index in [0.29, 0.717) is 19.0 Å². The van der Waals surface area contributed by atoms with Gasteiger partial charge in [-0.05, 0) is 12.3 Å². The first-order valence-electron chi connectivity index (χ1n) is 4.91. The molecule has 1 unspecified atom stereocenters. The van der Waals surface area contributed by atoms with E-state index < -0.39 is 18.9 Å². The molecule has 1 saturated heterocycles. The van der Waals surface area contributed by atoms with Gasteiger partial charge in [0.2, 0.25) is 0 Å². The second kappa shape index (κ2) is 4.72. The maximum Gasteiger partial charge on any atom is 0.422 e. The third-order valence-corrected chi connectivity index (χ3v) is 2.48. The monoisotopic (exact) mass is 225 g/mol. The minimum Gasteiger partial charge on any atom is -0.440 e. The van der Waals surface area contributed by atoms with Gasteiger partial charge in [-0.2, -0.15) is 13.2 Å². The lowest BCUT2D eigenvalue weighted by molar-refractivity contribution is -0.162. The van der Waals surface area contributed by atoms with E-state index in [1.54, 1.807) is 0 Å². The second-order valence-corrected chi connectivity index (χ2v) is 3.68. The van der Waals surface area contributed by atoms with Crippen molar-refractivity contribution in [3.05, 3.63) is 0 Å². The molecule has 0 aromatic carbocycles. The van der Waals surface area contributed by atoms with Crippen LogP contribution in [0.2, 0.25) is 0 Å². The SMILES string of the molecule is CCC1CCN(C(=O)OCC(F)(F)F)C1. The molecule has 3 nitrogen and oxygen atoms in total. The van der Waals surface area contributed by atoms with Gasteiger partial charge in [0.25, 0.3) is 0 Å². The van der Waals surface area contributed by atoms with Crippen LogP contribution in [0.3, 0.4) is 0 Å². The van der Waals surface area contributed by atoms with Gasteiger partial charge in [0.05, 0.1) is 0 Å². The fourth-order valence-corrected chi connectivity index (χ4v) is 1.57. The minimum atomic E-state index is -4.44. The highest BCUT2D eigenvalue weighted by Crippen LogP contribution is 2.21. The molecule has 0 N–H and O–H groups in total. The zero-order valence-corrected chi connectivity index (χ0v) is 8.51. The van der Waals surface area contributed by atoms with Gasteiger partial charge >= 0.3 is 12.3 Å². The van der Waals surface area contributed by atoms with Crippen LogP contribution in [-0.2, 0) is 4.74 Å². The Bertz CT molecular complexity index is 230. The molecule has 1 rings (SSSR count). The van der Waals surface area contributed by atoms with Gasteiger partial charge in [-0.25, -0.2) is 4.79 Å². The van der Waals surface area contributed by atoms with Gasteiger partial charge in [-0.15, -0.1) is 0 Å². The molecule has 0 aromatic rings. The Kier molecular flexibility index (Phi) is 3.82. The van der Waals surface area contributed by atoms with E-state index in [4.69, 9.17) is 0 Å². The number of carbonyl (C=O) groups is 1. The standard InChI is InChI=1S/C9H14F3NO2/c1-2-7-3-4-13(5-7)8(14)15-6-9(10,11)12/h7H,2-6H2,1H3. The predicted molar refractivity (Wildman–Crippen MR) is 47.4 cm³/mol. The van der Waals surface area contributed by atoms with Gasteiger partial charge in [0.1, 0.15) is 0 Å². The molecule has 0 spiro atoms. The first-order chi connectivity index (χ1) is 6.92. The van der Waals surface area contributed by atoms with Crippen LogP contribution in [0.5, 0.6) is 0 Å². The average molecular weight is 225 g/mol. The topological polar surface area (TPSA) is 29.5 Å². The maximum absolute atomic E-state index is 11.8. The van der Waals surface area contributed by atoms with E-state index in [9.17, 15) is 18.0 Å². The molecular formula is C9H14F3NO2. The summed E-state index contributed by atoms with van der Waals surface area (Å²) in [7, 11) is 0. The van der Waals surface area contributed by atoms with Crippen molar-refractivity contribution in [2.75, 3.05) is 19.7 Å². The summed E-state index contributed by atoms with van der Waals surface area (Å²) in [5.41, 5.74) is 0. The number of rotatable bonds is 2. The van der Waals surface area contributed by atoms with E-state index in [2.05, 4.69) is 4.74 Å². The van der Waals surface area contributed by atoms with Crippen molar-refractivity contribution in [2.24, 2.45) is 5.92 Å². The third kappa shape index (κ3) is 3.97. The van der Waals surface area contributed by atoms with Crippen LogP contribution in [0.25, 0.3) is 0 Å². The number of alkyl halides is 3. The lowest BCUT2D eigenvalue weighted by atomic mass is 10.1. The van der Waals surface area contributed by atoms with Crippen LogP contribution in [-0.4, -0.2) is 36.9 Å². The van der Waals surface area contributed by atoms with Crippen molar-refractivity contribution in [3.8, 4) is 0 Å². The summed E-state index contributed by atoms with van der Waals surface area (Å²) in [6, 6.07) is 0. The van der Waals surface area contributed by atoms with Crippen molar-refractivity contribution >= 4 is 6.09 Å². The second-order valence-electron chi connectivity index (χ2n) is 3.68. The molecule has 1 fully saturated rings. The molecule has 0 saturated carbocycles. The zero-order valence-electron chi connectivity index (χ0n) is 8.51. The average Bonchev–Trinajstić information content (AvgIpc) is 2.61. The fourth-order valence-electron chi connectivity index (χ4n) is 1.57. The van der Waals surface area contributed by atoms with Crippen LogP contribution in [0.4, 0.5) is 18.0 Å². The number of nitrogens with zero attached hydrogens (tertiary/aromatic N) is 1. The van der Waals surface area contributed by atoms with Gasteiger partial charge < -0.3 is 9.64 Å². The molecule has 0 radical (unpaired) electrons. The molecule has 15 heavy (non-hydrogen) atoms. The maximum atomic E-state index is 11.8. The Hall–Kier alpha value is -0.940. The largest absolute Gasteiger partial charge is 0.440 e. The Balaban J connectivity index is 2.30. The summed E-state index contributed by atoms with van der Waals surface area (Å²) in [5.74, 6) is 0.392. The van der Waals surface area contributed by atoms with Crippen molar-refractivity contribution in [2.45, 2.75) is 25.9 Å². The summed E-state index contributed by atoms with van der Waals surface area (Å²) in [6.07, 6.45) is -3.52. The van der Waals surface area contributed by atoms with Gasteiger partial charge in [-0.3, -0.25) is 0 Å². The van der Waals surface area contributed by atoms with Gasteiger partial charge in [0, 0.05) is 13.1 Å². The number of likely N-dealkylation sites (tertiary alicyclic amines) is 1. The lowest BCUT2D eigenvalue weighted by Gasteiger charge is -2.16. The van der Waals surface area contributed by atoms with E-state index in [1.165, 1.54) is 4.90 Å². The van der Waals surface area contributed by atoms with Crippen molar-refractivity contribution in [1.29, 1.82) is 0 Å². The third-order valence-electron chi connectivity index (χ3n) is 2.48. The smallest absolute Gasteiger partial charge is 0.422 e. The summed E-state index contributed by atoms with van der Waals surface area (Å²) in [5, 5.41) is 0. The predicted octanol–water partition coefficient (Wildman–Crippen LogP) is 2.42. The van der Waals surface area contributed by atoms with Crippen LogP contribution in [0, 0.1) is 5.92 Å². The summed E-state index contributed by atoms with van der Waals surface area (Å²) in [4.78, 5) is 12.5. The highest BCUT2D eigenvalue weighted by Gasteiger charge is 2.32. The number of carbonyl (C=O) groups excluding carboxylic acids is 1. The highest BCUT2D eigenvalue weighted by atomic mass is 19.4. The minimum absolute atomic E-state index is 0.392. The van der Waals surface area contributed by atoms with E-state index in [0.717, 1.165) is 12.8 Å². The molecule has 1 aliphatic heterocycles. The fraction of sp³-hybridized carbons (Fsp3) is 0.889. The van der Waals surface area contributed by atoms with Gasteiger partial charge in [0.15, 0.2) is 6.61 Å². The van der Waals surface area contributed by atoms with Crippen LogP contribution in [0.1, 0.15) is 19.8 Å². The molecule has 1 atom stereocenters. The first kappa shape index (κ1) is 12.1. The number of amides is 1. The van der Waals surface area contributed by atoms with Crippen LogP contribution in [0.15, 0.2) is 0 Å². The van der Waals surface area contributed by atoms with Crippen LogP contribution < -0.4 is 0 Å². The molecule has 6 heteroatoms. The normalized spacial score (nSPS) is 21.9. The zero-order chi connectivity index (χ0) is 11.5.